The minimum atomic E-state index is -0.904. The van der Waals surface area contributed by atoms with Crippen molar-refractivity contribution < 1.29 is 19.4 Å². The number of ether oxygens (including phenoxy) is 1. The smallest absolute Gasteiger partial charge is 0.416 e. The summed E-state index contributed by atoms with van der Waals surface area (Å²) in [7, 11) is 0. The lowest BCUT2D eigenvalue weighted by Crippen LogP contribution is -2.40. The van der Waals surface area contributed by atoms with Gasteiger partial charge in [-0.05, 0) is 26.8 Å². The molecule has 1 aromatic heterocycles. The van der Waals surface area contributed by atoms with Gasteiger partial charge in [-0.25, -0.2) is 9.78 Å². The molecule has 0 radical (unpaired) electrons. The van der Waals surface area contributed by atoms with Gasteiger partial charge in [0.05, 0.1) is 6.42 Å². The molecular weight excluding hydrogens is 272 g/mol. The van der Waals surface area contributed by atoms with Gasteiger partial charge in [-0.3, -0.25) is 9.69 Å². The van der Waals surface area contributed by atoms with E-state index in [0.29, 0.717) is 5.82 Å². The number of hydrogen-bond donors (Lipinski definition) is 1. The number of amides is 1. The number of carboxylic acids is 1. The Labute approximate surface area is 123 Å². The molecule has 0 fully saturated rings. The summed E-state index contributed by atoms with van der Waals surface area (Å²) in [6.45, 7) is 7.44. The number of rotatable bonds is 2. The maximum absolute atomic E-state index is 12.3. The average molecular weight is 292 g/mol. The van der Waals surface area contributed by atoms with Crippen LogP contribution in [0.2, 0.25) is 0 Å². The van der Waals surface area contributed by atoms with E-state index in [1.54, 1.807) is 33.0 Å². The van der Waals surface area contributed by atoms with Crippen LogP contribution in [0.4, 0.5) is 10.6 Å². The maximum Gasteiger partial charge on any atom is 0.416 e. The van der Waals surface area contributed by atoms with Crippen LogP contribution in [0.25, 0.3) is 0 Å². The molecule has 1 aliphatic heterocycles. The Bertz CT molecular complexity index is 579. The first-order valence-corrected chi connectivity index (χ1v) is 6.80. The fraction of sp³-hybridized carbons (Fsp3) is 0.533. The van der Waals surface area contributed by atoms with Gasteiger partial charge in [-0.2, -0.15) is 0 Å². The van der Waals surface area contributed by atoms with Crippen LogP contribution in [0.15, 0.2) is 18.3 Å². The molecule has 1 aromatic rings. The summed E-state index contributed by atoms with van der Waals surface area (Å²) in [5.74, 6) is -0.422. The third-order valence-electron chi connectivity index (χ3n) is 3.35. The Kier molecular flexibility index (Phi) is 3.65. The second-order valence-corrected chi connectivity index (χ2v) is 6.57. The van der Waals surface area contributed by atoms with E-state index in [2.05, 4.69) is 4.98 Å². The van der Waals surface area contributed by atoms with Crippen LogP contribution in [-0.2, 0) is 14.9 Å². The Morgan fingerprint density at radius 3 is 2.71 bits per heavy atom. The SMILES string of the molecule is CC(C)(C)OC(=O)N1CC(C)(CC(=O)O)c2cccnc21. The molecule has 6 heteroatoms. The molecule has 0 saturated carbocycles. The van der Waals surface area contributed by atoms with Gasteiger partial charge < -0.3 is 9.84 Å². The normalized spacial score (nSPS) is 21.0. The fourth-order valence-electron chi connectivity index (χ4n) is 2.55. The summed E-state index contributed by atoms with van der Waals surface area (Å²) in [5, 5.41) is 9.12. The van der Waals surface area contributed by atoms with Crippen molar-refractivity contribution in [3.63, 3.8) is 0 Å². The summed E-state index contributed by atoms with van der Waals surface area (Å²) in [5.41, 5.74) is -0.511. The van der Waals surface area contributed by atoms with E-state index in [0.717, 1.165) is 5.56 Å². The van der Waals surface area contributed by atoms with E-state index >= 15 is 0 Å². The van der Waals surface area contributed by atoms with Crippen molar-refractivity contribution >= 4 is 17.9 Å². The molecule has 1 N–H and O–H groups in total. The van der Waals surface area contributed by atoms with Crippen LogP contribution in [0, 0.1) is 0 Å². The molecule has 1 aliphatic rings. The van der Waals surface area contributed by atoms with Crippen LogP contribution < -0.4 is 4.90 Å². The van der Waals surface area contributed by atoms with Crippen molar-refractivity contribution in [2.75, 3.05) is 11.4 Å². The fourth-order valence-corrected chi connectivity index (χ4v) is 2.55. The van der Waals surface area contributed by atoms with E-state index in [1.165, 1.54) is 4.90 Å². The number of nitrogens with zero attached hydrogens (tertiary/aromatic N) is 2. The summed E-state index contributed by atoms with van der Waals surface area (Å²) in [4.78, 5) is 29.1. The van der Waals surface area contributed by atoms with Gasteiger partial charge in [0, 0.05) is 23.7 Å². The number of aromatic nitrogens is 1. The Hall–Kier alpha value is -2.11. The highest BCUT2D eigenvalue weighted by molar-refractivity contribution is 5.90. The maximum atomic E-state index is 12.3. The van der Waals surface area contributed by atoms with Gasteiger partial charge in [0.2, 0.25) is 0 Å². The zero-order chi connectivity index (χ0) is 15.8. The minimum Gasteiger partial charge on any atom is -0.481 e. The van der Waals surface area contributed by atoms with E-state index < -0.39 is 23.1 Å². The van der Waals surface area contributed by atoms with Crippen molar-refractivity contribution in [1.29, 1.82) is 0 Å². The molecule has 1 unspecified atom stereocenters. The standard InChI is InChI=1S/C15H20N2O4/c1-14(2,3)21-13(20)17-9-15(4,8-11(18)19)10-6-5-7-16-12(10)17/h5-7H,8-9H2,1-4H3,(H,18,19). The largest absolute Gasteiger partial charge is 0.481 e. The monoisotopic (exact) mass is 292 g/mol. The molecule has 1 amide bonds. The van der Waals surface area contributed by atoms with Gasteiger partial charge in [-0.1, -0.05) is 13.0 Å². The molecule has 0 spiro atoms. The van der Waals surface area contributed by atoms with Gasteiger partial charge in [0.1, 0.15) is 11.4 Å². The van der Waals surface area contributed by atoms with E-state index in [-0.39, 0.29) is 13.0 Å². The predicted molar refractivity (Wildman–Crippen MR) is 77.4 cm³/mol. The number of hydrogen-bond acceptors (Lipinski definition) is 4. The third kappa shape index (κ3) is 3.15. The van der Waals surface area contributed by atoms with Crippen LogP contribution in [0.3, 0.4) is 0 Å². The van der Waals surface area contributed by atoms with Crippen molar-refractivity contribution in [1.82, 2.24) is 4.98 Å². The van der Waals surface area contributed by atoms with Gasteiger partial charge in [0.25, 0.3) is 0 Å². The van der Waals surface area contributed by atoms with Crippen molar-refractivity contribution in [2.24, 2.45) is 0 Å². The molecule has 0 aliphatic carbocycles. The lowest BCUT2D eigenvalue weighted by Gasteiger charge is -2.26. The summed E-state index contributed by atoms with van der Waals surface area (Å²) < 4.78 is 5.38. The Balaban J connectivity index is 2.35. The number of fused-ring (bicyclic) bond motifs is 1. The molecule has 6 nitrogen and oxygen atoms in total. The molecule has 114 valence electrons. The molecule has 2 rings (SSSR count). The van der Waals surface area contributed by atoms with E-state index in [1.807, 2.05) is 13.0 Å². The minimum absolute atomic E-state index is 0.0645. The molecule has 2 heterocycles. The zero-order valence-electron chi connectivity index (χ0n) is 12.7. The highest BCUT2D eigenvalue weighted by Crippen LogP contribution is 2.41. The first kappa shape index (κ1) is 15.3. The number of carbonyl (C=O) groups excluding carboxylic acids is 1. The zero-order valence-corrected chi connectivity index (χ0v) is 12.7. The predicted octanol–water partition coefficient (Wildman–Crippen LogP) is 2.57. The highest BCUT2D eigenvalue weighted by atomic mass is 16.6. The summed E-state index contributed by atoms with van der Waals surface area (Å²) in [6, 6.07) is 3.56. The molecular formula is C15H20N2O4. The second kappa shape index (κ2) is 5.02. The van der Waals surface area contributed by atoms with Crippen LogP contribution in [0.1, 0.15) is 39.7 Å². The van der Waals surface area contributed by atoms with Crippen molar-refractivity contribution in [2.45, 2.75) is 45.1 Å². The van der Waals surface area contributed by atoms with Crippen LogP contribution in [-0.4, -0.2) is 34.3 Å². The Morgan fingerprint density at radius 1 is 1.48 bits per heavy atom. The third-order valence-corrected chi connectivity index (χ3v) is 3.35. The molecule has 0 saturated heterocycles. The molecule has 21 heavy (non-hydrogen) atoms. The van der Waals surface area contributed by atoms with E-state index in [9.17, 15) is 9.59 Å². The van der Waals surface area contributed by atoms with Gasteiger partial charge >= 0.3 is 12.1 Å². The number of carbonyl (C=O) groups is 2. The lowest BCUT2D eigenvalue weighted by molar-refractivity contribution is -0.138. The van der Waals surface area contributed by atoms with Crippen LogP contribution >= 0.6 is 0 Å². The lowest BCUT2D eigenvalue weighted by atomic mass is 9.82. The molecule has 0 bridgehead atoms. The van der Waals surface area contributed by atoms with E-state index in [4.69, 9.17) is 9.84 Å². The first-order chi connectivity index (χ1) is 9.62. The molecule has 1 atom stereocenters. The quantitative estimate of drug-likeness (QED) is 0.906. The van der Waals surface area contributed by atoms with Crippen molar-refractivity contribution in [3.05, 3.63) is 23.9 Å². The Morgan fingerprint density at radius 2 is 2.14 bits per heavy atom. The van der Waals surface area contributed by atoms with Crippen LogP contribution in [0.5, 0.6) is 0 Å². The first-order valence-electron chi connectivity index (χ1n) is 6.80. The number of carboxylic acid groups (broad SMARTS) is 1. The van der Waals surface area contributed by atoms with Crippen molar-refractivity contribution in [3.8, 4) is 0 Å². The molecule has 0 aromatic carbocycles. The summed E-state index contributed by atoms with van der Waals surface area (Å²) >= 11 is 0. The highest BCUT2D eigenvalue weighted by Gasteiger charge is 2.44. The second-order valence-electron chi connectivity index (χ2n) is 6.57. The number of pyridine rings is 1. The topological polar surface area (TPSA) is 79.7 Å². The summed E-state index contributed by atoms with van der Waals surface area (Å²) in [6.07, 6.45) is 1.02. The van der Waals surface area contributed by atoms with Gasteiger partial charge in [0.15, 0.2) is 0 Å². The average Bonchev–Trinajstić information content (AvgIpc) is 2.61. The van der Waals surface area contributed by atoms with Gasteiger partial charge in [-0.15, -0.1) is 0 Å². The number of aliphatic carboxylic acids is 1. The number of anilines is 1.